The van der Waals surface area contributed by atoms with Gasteiger partial charge in [-0.2, -0.15) is 0 Å². The molecule has 0 amide bonds. The van der Waals surface area contributed by atoms with E-state index in [1.807, 2.05) is 6.08 Å². The minimum Gasteiger partial charge on any atom is -0.382 e. The van der Waals surface area contributed by atoms with Crippen LogP contribution in [-0.4, -0.2) is 23.7 Å². The fraction of sp³-hybridized carbons (Fsp3) is 0.818. The highest BCUT2D eigenvalue weighted by Crippen LogP contribution is 2.68. The van der Waals surface area contributed by atoms with Gasteiger partial charge in [0.2, 0.25) is 1.43 Å². The summed E-state index contributed by atoms with van der Waals surface area (Å²) in [5, 5.41) is 5.23. The number of carbonyl (C=O) groups excluding carboxylic acids is 2. The SMILES string of the molecule is [2H]O[C@]1(C(C)=O)CC[C@H]2[C@@H]3C[C@H](C)C4=CC(=O)CC[C@]4(C)[C@H]3CC[C@@]21C. The summed E-state index contributed by atoms with van der Waals surface area (Å²) in [7, 11) is 0. The van der Waals surface area contributed by atoms with E-state index in [1.54, 1.807) is 6.92 Å². The average Bonchev–Trinajstić information content (AvgIpc) is 2.90. The van der Waals surface area contributed by atoms with Gasteiger partial charge in [-0.25, -0.2) is 0 Å². The zero-order valence-corrected chi connectivity index (χ0v) is 16.1. The van der Waals surface area contributed by atoms with Crippen LogP contribution in [0.3, 0.4) is 0 Å². The van der Waals surface area contributed by atoms with E-state index in [4.69, 9.17) is 6.54 Å². The highest BCUT2D eigenvalue weighted by atomic mass is 16.3. The number of hydrogen-bond donors (Lipinski definition) is 1. The third-order valence-corrected chi connectivity index (χ3v) is 8.97. The van der Waals surface area contributed by atoms with Crippen LogP contribution in [0.2, 0.25) is 0 Å². The van der Waals surface area contributed by atoms with Crippen LogP contribution in [0.1, 0.15) is 72.6 Å². The third kappa shape index (κ3) is 2.08. The molecule has 0 saturated heterocycles. The zero-order valence-electron chi connectivity index (χ0n) is 17.1. The van der Waals surface area contributed by atoms with Crippen molar-refractivity contribution in [1.29, 1.82) is 1.43 Å². The maximum Gasteiger partial charge on any atom is 0.212 e. The molecule has 7 atom stereocenters. The van der Waals surface area contributed by atoms with Crippen molar-refractivity contribution in [3.8, 4) is 0 Å². The normalized spacial score (nSPS) is 52.6. The molecule has 138 valence electrons. The highest BCUT2D eigenvalue weighted by molar-refractivity contribution is 5.91. The molecule has 0 radical (unpaired) electrons. The highest BCUT2D eigenvalue weighted by Gasteiger charge is 2.66. The van der Waals surface area contributed by atoms with E-state index in [2.05, 4.69) is 20.8 Å². The van der Waals surface area contributed by atoms with Gasteiger partial charge in [-0.1, -0.05) is 26.3 Å². The Morgan fingerprint density at radius 1 is 1.24 bits per heavy atom. The minimum absolute atomic E-state index is 0.0230. The van der Waals surface area contributed by atoms with Crippen molar-refractivity contribution in [3.05, 3.63) is 11.6 Å². The molecule has 0 spiro atoms. The molecule has 4 rings (SSSR count). The van der Waals surface area contributed by atoms with Gasteiger partial charge in [-0.3, -0.25) is 9.59 Å². The molecular weight excluding hydrogens is 312 g/mol. The van der Waals surface area contributed by atoms with Crippen LogP contribution in [0, 0.1) is 34.5 Å². The number of allylic oxidation sites excluding steroid dienone is 1. The molecule has 1 N–H and O–H groups in total. The predicted molar refractivity (Wildman–Crippen MR) is 96.9 cm³/mol. The summed E-state index contributed by atoms with van der Waals surface area (Å²) in [6, 6.07) is 0. The number of carbonyl (C=O) groups is 2. The zero-order chi connectivity index (χ0) is 18.9. The Bertz CT molecular complexity index is 685. The van der Waals surface area contributed by atoms with Crippen molar-refractivity contribution in [1.82, 2.24) is 0 Å². The minimum atomic E-state index is -0.925. The number of hydrogen-bond acceptors (Lipinski definition) is 3. The van der Waals surface area contributed by atoms with Gasteiger partial charge in [0, 0.05) is 11.8 Å². The first-order valence-electron chi connectivity index (χ1n) is 10.5. The van der Waals surface area contributed by atoms with Crippen molar-refractivity contribution in [2.75, 3.05) is 0 Å². The molecule has 3 heteroatoms. The smallest absolute Gasteiger partial charge is 0.212 e. The van der Waals surface area contributed by atoms with E-state index in [0.29, 0.717) is 42.3 Å². The standard InChI is InChI=1S/C22H32O3/c1-13-11-16-17(20(3)8-5-15(24)12-19(13)20)6-9-21(4)18(16)7-10-22(21,25)14(2)23/h12-13,16-18,25H,5-11H2,1-4H3/t13-,16+,17-,18-,20+,21-,22-/m0/s1/i25D. The van der Waals surface area contributed by atoms with Crippen LogP contribution >= 0.6 is 0 Å². The summed E-state index contributed by atoms with van der Waals surface area (Å²) in [6.07, 6.45) is 8.39. The molecule has 3 saturated carbocycles. The molecule has 3 fully saturated rings. The van der Waals surface area contributed by atoms with Crippen LogP contribution in [0.4, 0.5) is 0 Å². The maximum atomic E-state index is 12.5. The lowest BCUT2D eigenvalue weighted by Gasteiger charge is -2.60. The molecule has 25 heavy (non-hydrogen) atoms. The lowest BCUT2D eigenvalue weighted by molar-refractivity contribution is -0.161. The molecule has 0 heterocycles. The van der Waals surface area contributed by atoms with Crippen LogP contribution < -0.4 is 0 Å². The van der Waals surface area contributed by atoms with Crippen LogP contribution in [0.5, 0.6) is 0 Å². The van der Waals surface area contributed by atoms with Gasteiger partial charge >= 0.3 is 0 Å². The van der Waals surface area contributed by atoms with E-state index < -0.39 is 5.60 Å². The summed E-state index contributed by atoms with van der Waals surface area (Å²) in [4.78, 5) is 24.6. The summed E-state index contributed by atoms with van der Waals surface area (Å²) in [5.41, 5.74) is 0.349. The number of aliphatic hydroxyl groups is 1. The van der Waals surface area contributed by atoms with E-state index in [0.717, 1.165) is 32.1 Å². The number of ketones is 2. The molecule has 0 aromatic heterocycles. The van der Waals surface area contributed by atoms with E-state index in [9.17, 15) is 9.59 Å². The summed E-state index contributed by atoms with van der Waals surface area (Å²) in [5.74, 6) is 2.34. The number of fused-ring (bicyclic) bond motifs is 5. The predicted octanol–water partition coefficient (Wildman–Crippen LogP) is 4.08. The Balaban J connectivity index is 1.74. The molecule has 4 aliphatic rings. The van der Waals surface area contributed by atoms with Crippen molar-refractivity contribution >= 4 is 11.6 Å². The topological polar surface area (TPSA) is 54.4 Å². The van der Waals surface area contributed by atoms with Crippen molar-refractivity contribution < 1.29 is 14.7 Å². The van der Waals surface area contributed by atoms with Crippen LogP contribution in [0.25, 0.3) is 0 Å². The molecule has 0 aromatic rings. The van der Waals surface area contributed by atoms with Crippen LogP contribution in [0.15, 0.2) is 11.6 Å². The first kappa shape index (κ1) is 16.2. The number of rotatable bonds is 2. The molecule has 3 nitrogen and oxygen atoms in total. The fourth-order valence-corrected chi connectivity index (χ4v) is 7.56. The van der Waals surface area contributed by atoms with Gasteiger partial charge in [0.1, 0.15) is 5.60 Å². The Labute approximate surface area is 152 Å². The summed E-state index contributed by atoms with van der Waals surface area (Å²) in [6.45, 7) is 8.47. The fourth-order valence-electron chi connectivity index (χ4n) is 7.56. The first-order chi connectivity index (χ1) is 12.2. The lowest BCUT2D eigenvalue weighted by Crippen LogP contribution is -2.57. The maximum absolute atomic E-state index is 12.5. The van der Waals surface area contributed by atoms with Gasteiger partial charge in [-0.05, 0) is 80.6 Å². The molecule has 0 bridgehead atoms. The Morgan fingerprint density at radius 3 is 2.64 bits per heavy atom. The van der Waals surface area contributed by atoms with Crippen molar-refractivity contribution in [2.24, 2.45) is 34.5 Å². The van der Waals surface area contributed by atoms with Gasteiger partial charge in [0.15, 0.2) is 11.6 Å². The second-order valence-electron chi connectivity index (χ2n) is 9.88. The van der Waals surface area contributed by atoms with Crippen molar-refractivity contribution in [2.45, 2.75) is 78.2 Å². The molecule has 0 unspecified atom stereocenters. The lowest BCUT2D eigenvalue weighted by atomic mass is 9.45. The summed E-state index contributed by atoms with van der Waals surface area (Å²) < 4.78 is 7.74. The van der Waals surface area contributed by atoms with Gasteiger partial charge in [0.05, 0.1) is 0 Å². The largest absolute Gasteiger partial charge is 0.382 e. The quantitative estimate of drug-likeness (QED) is 0.820. The second kappa shape index (κ2) is 5.28. The second-order valence-corrected chi connectivity index (χ2v) is 9.88. The monoisotopic (exact) mass is 345 g/mol. The summed E-state index contributed by atoms with van der Waals surface area (Å²) >= 11 is 0. The average molecular weight is 346 g/mol. The van der Waals surface area contributed by atoms with Gasteiger partial charge in [0.25, 0.3) is 0 Å². The molecule has 0 aromatic carbocycles. The Kier molecular flexibility index (Phi) is 3.43. The molecular formula is C22H32O3. The Hall–Kier alpha value is -0.960. The van der Waals surface area contributed by atoms with E-state index >= 15 is 0 Å². The molecule has 4 aliphatic carbocycles. The van der Waals surface area contributed by atoms with Crippen LogP contribution in [-0.2, 0) is 9.59 Å². The third-order valence-electron chi connectivity index (χ3n) is 8.97. The van der Waals surface area contributed by atoms with Gasteiger partial charge < -0.3 is 5.11 Å². The Morgan fingerprint density at radius 2 is 1.96 bits per heavy atom. The van der Waals surface area contributed by atoms with E-state index in [1.165, 1.54) is 5.57 Å². The van der Waals surface area contributed by atoms with Gasteiger partial charge in [-0.15, -0.1) is 0 Å². The first-order valence-corrected chi connectivity index (χ1v) is 10.1. The number of Topliss-reactive ketones (excluding diaryl/α,β-unsaturated/α-hetero) is 1. The van der Waals surface area contributed by atoms with E-state index in [-0.39, 0.29) is 16.6 Å². The molecule has 0 aliphatic heterocycles. The van der Waals surface area contributed by atoms with Crippen molar-refractivity contribution in [3.63, 3.8) is 0 Å².